The number of benzene rings is 2. The molecule has 0 saturated heterocycles. The summed E-state index contributed by atoms with van der Waals surface area (Å²) in [5, 5.41) is 3.75. The van der Waals surface area contributed by atoms with Crippen molar-refractivity contribution in [2.75, 3.05) is 5.32 Å². The lowest BCUT2D eigenvalue weighted by Gasteiger charge is -2.18. The van der Waals surface area contributed by atoms with Crippen molar-refractivity contribution in [3.63, 3.8) is 0 Å². The van der Waals surface area contributed by atoms with E-state index in [1.807, 2.05) is 56.3 Å². The molecule has 0 heterocycles. The van der Waals surface area contributed by atoms with Gasteiger partial charge in [-0.25, -0.2) is 0 Å². The number of hydrogen-bond acceptors (Lipinski definition) is 1. The van der Waals surface area contributed by atoms with Gasteiger partial charge in [-0.3, -0.25) is 4.79 Å². The Balaban J connectivity index is 1.89. The van der Waals surface area contributed by atoms with Gasteiger partial charge in [-0.15, -0.1) is 0 Å². The Kier molecular flexibility index (Phi) is 3.50. The van der Waals surface area contributed by atoms with Gasteiger partial charge in [-0.1, -0.05) is 41.9 Å². The third kappa shape index (κ3) is 2.56. The molecule has 3 heteroatoms. The fraction of sp³-hybridized carbons (Fsp3) is 0.278. The van der Waals surface area contributed by atoms with E-state index < -0.39 is 5.41 Å². The van der Waals surface area contributed by atoms with Crippen molar-refractivity contribution in [3.05, 3.63) is 64.2 Å². The number of carbonyl (C=O) groups is 1. The summed E-state index contributed by atoms with van der Waals surface area (Å²) in [4.78, 5) is 12.7. The van der Waals surface area contributed by atoms with Gasteiger partial charge < -0.3 is 5.32 Å². The number of rotatable bonds is 3. The molecule has 3 rings (SSSR count). The zero-order chi connectivity index (χ0) is 15.0. The predicted octanol–water partition coefficient (Wildman–Crippen LogP) is 4.63. The highest BCUT2D eigenvalue weighted by Gasteiger charge is 2.52. The van der Waals surface area contributed by atoms with Gasteiger partial charge in [0.05, 0.1) is 5.41 Å². The molecule has 108 valence electrons. The van der Waals surface area contributed by atoms with Gasteiger partial charge in [-0.2, -0.15) is 0 Å². The van der Waals surface area contributed by atoms with Crippen LogP contribution in [-0.4, -0.2) is 5.91 Å². The van der Waals surface area contributed by atoms with Gasteiger partial charge in [0.2, 0.25) is 5.91 Å². The van der Waals surface area contributed by atoms with Gasteiger partial charge in [0.15, 0.2) is 0 Å². The second-order valence-corrected chi connectivity index (χ2v) is 6.24. The second kappa shape index (κ2) is 5.19. The lowest BCUT2D eigenvalue weighted by Crippen LogP contribution is -2.28. The standard InChI is InChI=1S/C18H18ClNO/c1-12-7-8-13(2)16(11-12)20-17(21)18(9-10-18)14-5-3-4-6-15(14)19/h3-8,11H,9-10H2,1-2H3,(H,20,21). The number of nitrogens with one attached hydrogen (secondary N) is 1. The Bertz CT molecular complexity index is 704. The van der Waals surface area contributed by atoms with Crippen LogP contribution in [0.2, 0.25) is 5.02 Å². The molecular formula is C18H18ClNO. The third-order valence-electron chi connectivity index (χ3n) is 4.22. The molecule has 0 atom stereocenters. The minimum absolute atomic E-state index is 0.0456. The number of aryl methyl sites for hydroxylation is 2. The molecule has 1 aliphatic rings. The van der Waals surface area contributed by atoms with Crippen molar-refractivity contribution < 1.29 is 4.79 Å². The molecule has 2 aromatic carbocycles. The largest absolute Gasteiger partial charge is 0.325 e. The Labute approximate surface area is 130 Å². The number of hydrogen-bond donors (Lipinski definition) is 1. The maximum Gasteiger partial charge on any atom is 0.235 e. The molecule has 0 radical (unpaired) electrons. The molecule has 1 amide bonds. The normalized spacial score (nSPS) is 15.6. The molecule has 0 bridgehead atoms. The highest BCUT2D eigenvalue weighted by atomic mass is 35.5. The van der Waals surface area contributed by atoms with Crippen LogP contribution in [0, 0.1) is 13.8 Å². The van der Waals surface area contributed by atoms with Gasteiger partial charge in [-0.05, 0) is 55.5 Å². The van der Waals surface area contributed by atoms with Gasteiger partial charge in [0.1, 0.15) is 0 Å². The van der Waals surface area contributed by atoms with E-state index in [1.165, 1.54) is 0 Å². The van der Waals surface area contributed by atoms with Crippen molar-refractivity contribution in [1.29, 1.82) is 0 Å². The Morgan fingerprint density at radius 3 is 2.52 bits per heavy atom. The molecule has 2 nitrogen and oxygen atoms in total. The minimum atomic E-state index is -0.450. The van der Waals surface area contributed by atoms with Crippen LogP contribution in [0.4, 0.5) is 5.69 Å². The second-order valence-electron chi connectivity index (χ2n) is 5.83. The molecule has 1 fully saturated rings. The van der Waals surface area contributed by atoms with E-state index in [2.05, 4.69) is 5.32 Å². The summed E-state index contributed by atoms with van der Waals surface area (Å²) in [6, 6.07) is 13.7. The summed E-state index contributed by atoms with van der Waals surface area (Å²) in [6.07, 6.45) is 1.71. The van der Waals surface area contributed by atoms with E-state index in [1.54, 1.807) is 0 Å². The summed E-state index contributed by atoms with van der Waals surface area (Å²) >= 11 is 6.27. The average Bonchev–Trinajstić information content (AvgIpc) is 3.25. The van der Waals surface area contributed by atoms with Crippen LogP contribution < -0.4 is 5.32 Å². The zero-order valence-corrected chi connectivity index (χ0v) is 13.0. The van der Waals surface area contributed by atoms with Crippen LogP contribution in [0.3, 0.4) is 0 Å². The summed E-state index contributed by atoms with van der Waals surface area (Å²) in [5.74, 6) is 0.0456. The van der Waals surface area contributed by atoms with E-state index in [0.29, 0.717) is 5.02 Å². The predicted molar refractivity (Wildman–Crippen MR) is 86.9 cm³/mol. The fourth-order valence-corrected chi connectivity index (χ4v) is 3.02. The van der Waals surface area contributed by atoms with Crippen LogP contribution in [0.1, 0.15) is 29.5 Å². The van der Waals surface area contributed by atoms with Crippen molar-refractivity contribution in [1.82, 2.24) is 0 Å². The molecule has 1 saturated carbocycles. The quantitative estimate of drug-likeness (QED) is 0.880. The van der Waals surface area contributed by atoms with Crippen LogP contribution in [0.5, 0.6) is 0 Å². The topological polar surface area (TPSA) is 29.1 Å². The van der Waals surface area contributed by atoms with E-state index >= 15 is 0 Å². The van der Waals surface area contributed by atoms with E-state index in [4.69, 9.17) is 11.6 Å². The van der Waals surface area contributed by atoms with Crippen molar-refractivity contribution in [3.8, 4) is 0 Å². The molecule has 2 aromatic rings. The summed E-state index contributed by atoms with van der Waals surface area (Å²) in [5.41, 5.74) is 3.59. The Morgan fingerprint density at radius 2 is 1.86 bits per heavy atom. The smallest absolute Gasteiger partial charge is 0.235 e. The van der Waals surface area contributed by atoms with E-state index in [9.17, 15) is 4.79 Å². The first kappa shape index (κ1) is 14.2. The van der Waals surface area contributed by atoms with Gasteiger partial charge in [0.25, 0.3) is 0 Å². The maximum atomic E-state index is 12.7. The SMILES string of the molecule is Cc1ccc(C)c(NC(=O)C2(c3ccccc3Cl)CC2)c1. The number of amides is 1. The fourth-order valence-electron chi connectivity index (χ4n) is 2.71. The Morgan fingerprint density at radius 1 is 1.14 bits per heavy atom. The molecular weight excluding hydrogens is 282 g/mol. The third-order valence-corrected chi connectivity index (χ3v) is 4.54. The molecule has 1 N–H and O–H groups in total. The Hall–Kier alpha value is -1.80. The zero-order valence-electron chi connectivity index (χ0n) is 12.2. The first-order valence-corrected chi connectivity index (χ1v) is 7.54. The number of anilines is 1. The first-order valence-electron chi connectivity index (χ1n) is 7.17. The summed E-state index contributed by atoms with van der Waals surface area (Å²) in [6.45, 7) is 4.03. The monoisotopic (exact) mass is 299 g/mol. The molecule has 0 unspecified atom stereocenters. The van der Waals surface area contributed by atoms with Crippen molar-refractivity contribution in [2.24, 2.45) is 0 Å². The minimum Gasteiger partial charge on any atom is -0.325 e. The highest BCUT2D eigenvalue weighted by Crippen LogP contribution is 2.51. The van der Waals surface area contributed by atoms with Gasteiger partial charge in [0, 0.05) is 10.7 Å². The lowest BCUT2D eigenvalue weighted by molar-refractivity contribution is -0.118. The van der Waals surface area contributed by atoms with Crippen LogP contribution in [0.15, 0.2) is 42.5 Å². The van der Waals surface area contributed by atoms with Gasteiger partial charge >= 0.3 is 0 Å². The highest BCUT2D eigenvalue weighted by molar-refractivity contribution is 6.32. The summed E-state index contributed by atoms with van der Waals surface area (Å²) < 4.78 is 0. The number of carbonyl (C=O) groups excluding carboxylic acids is 1. The molecule has 0 aromatic heterocycles. The van der Waals surface area contributed by atoms with E-state index in [-0.39, 0.29) is 5.91 Å². The molecule has 1 aliphatic carbocycles. The lowest BCUT2D eigenvalue weighted by atomic mass is 9.94. The number of halogens is 1. The molecule has 0 spiro atoms. The van der Waals surface area contributed by atoms with Crippen molar-refractivity contribution in [2.45, 2.75) is 32.1 Å². The maximum absolute atomic E-state index is 12.7. The molecule has 21 heavy (non-hydrogen) atoms. The summed E-state index contributed by atoms with van der Waals surface area (Å²) in [7, 11) is 0. The van der Waals surface area contributed by atoms with Crippen LogP contribution >= 0.6 is 11.6 Å². The molecule has 0 aliphatic heterocycles. The van der Waals surface area contributed by atoms with E-state index in [0.717, 1.165) is 35.2 Å². The first-order chi connectivity index (χ1) is 10.0. The van der Waals surface area contributed by atoms with Crippen molar-refractivity contribution >= 4 is 23.2 Å². The van der Waals surface area contributed by atoms with Crippen LogP contribution in [-0.2, 0) is 10.2 Å². The van der Waals surface area contributed by atoms with Crippen LogP contribution in [0.25, 0.3) is 0 Å². The average molecular weight is 300 g/mol.